The third-order valence-corrected chi connectivity index (χ3v) is 6.36. The first-order valence-electron chi connectivity index (χ1n) is 9.83. The molecule has 0 radical (unpaired) electrons. The predicted molar refractivity (Wildman–Crippen MR) is 89.6 cm³/mol. The van der Waals surface area contributed by atoms with Crippen LogP contribution in [-0.4, -0.2) is 63.7 Å². The van der Waals surface area contributed by atoms with E-state index in [2.05, 4.69) is 4.90 Å². The lowest BCUT2D eigenvalue weighted by molar-refractivity contribution is -0.155. The Bertz CT molecular complexity index is 381. The minimum atomic E-state index is 0.260. The fraction of sp³-hybridized carbons (Fsp3) is 1.00. The molecular formula is C19H33NO3. The van der Waals surface area contributed by atoms with Gasteiger partial charge in [0.2, 0.25) is 0 Å². The van der Waals surface area contributed by atoms with E-state index in [1.54, 1.807) is 0 Å². The van der Waals surface area contributed by atoms with Crippen LogP contribution < -0.4 is 0 Å². The summed E-state index contributed by atoms with van der Waals surface area (Å²) in [6.45, 7) is 8.40. The summed E-state index contributed by atoms with van der Waals surface area (Å²) in [5, 5.41) is 0. The highest BCUT2D eigenvalue weighted by Crippen LogP contribution is 2.41. The Morgan fingerprint density at radius 3 is 2.70 bits per heavy atom. The van der Waals surface area contributed by atoms with E-state index in [1.807, 2.05) is 0 Å². The second-order valence-electron chi connectivity index (χ2n) is 8.36. The Hall–Kier alpha value is -0.160. The van der Waals surface area contributed by atoms with Crippen molar-refractivity contribution in [2.24, 2.45) is 17.3 Å². The number of nitrogens with zero attached hydrogens (tertiary/aromatic N) is 1. The summed E-state index contributed by atoms with van der Waals surface area (Å²) in [6.07, 6.45) is 9.34. The third-order valence-electron chi connectivity index (χ3n) is 6.36. The van der Waals surface area contributed by atoms with E-state index in [4.69, 9.17) is 14.2 Å². The number of rotatable bonds is 6. The van der Waals surface area contributed by atoms with E-state index in [1.165, 1.54) is 64.6 Å². The van der Waals surface area contributed by atoms with Gasteiger partial charge in [-0.25, -0.2) is 0 Å². The van der Waals surface area contributed by atoms with Gasteiger partial charge in [-0.05, 0) is 56.8 Å². The molecule has 0 aromatic carbocycles. The fourth-order valence-electron chi connectivity index (χ4n) is 4.76. The Kier molecular flexibility index (Phi) is 5.24. The normalized spacial score (nSPS) is 36.8. The molecule has 0 unspecified atom stereocenters. The van der Waals surface area contributed by atoms with Crippen molar-refractivity contribution in [2.75, 3.05) is 52.7 Å². The van der Waals surface area contributed by atoms with Crippen LogP contribution in [0.4, 0.5) is 0 Å². The molecule has 0 bridgehead atoms. The van der Waals surface area contributed by atoms with Gasteiger partial charge in [0.05, 0.1) is 12.7 Å². The summed E-state index contributed by atoms with van der Waals surface area (Å²) in [5.41, 5.74) is 0.260. The monoisotopic (exact) mass is 323 g/mol. The first-order chi connectivity index (χ1) is 11.3. The Labute approximate surface area is 140 Å². The van der Waals surface area contributed by atoms with Gasteiger partial charge in [0.1, 0.15) is 0 Å². The van der Waals surface area contributed by atoms with Gasteiger partial charge in [0.25, 0.3) is 0 Å². The molecule has 1 aliphatic carbocycles. The van der Waals surface area contributed by atoms with Gasteiger partial charge in [-0.15, -0.1) is 0 Å². The molecule has 0 amide bonds. The maximum absolute atomic E-state index is 6.17. The van der Waals surface area contributed by atoms with E-state index < -0.39 is 0 Å². The van der Waals surface area contributed by atoms with Crippen molar-refractivity contribution < 1.29 is 14.2 Å². The smallest absolute Gasteiger partial charge is 0.0677 e. The highest BCUT2D eigenvalue weighted by atomic mass is 16.5. The zero-order valence-electron chi connectivity index (χ0n) is 14.5. The van der Waals surface area contributed by atoms with Crippen molar-refractivity contribution in [3.8, 4) is 0 Å². The number of ether oxygens (including phenoxy) is 3. The highest BCUT2D eigenvalue weighted by Gasteiger charge is 2.46. The van der Waals surface area contributed by atoms with Crippen molar-refractivity contribution in [1.29, 1.82) is 0 Å². The fourth-order valence-corrected chi connectivity index (χ4v) is 4.76. The molecule has 0 spiro atoms. The van der Waals surface area contributed by atoms with Crippen molar-refractivity contribution in [3.63, 3.8) is 0 Å². The molecular weight excluding hydrogens is 290 g/mol. The number of hydrogen-bond donors (Lipinski definition) is 0. The second kappa shape index (κ2) is 7.38. The Balaban J connectivity index is 1.35. The molecule has 0 N–H and O–H groups in total. The SMILES string of the molecule is C1CO[C@@H]2CCN(CC3CCOCC3)C[C@@]2(COCC2CC2)C1. The maximum atomic E-state index is 6.17. The lowest BCUT2D eigenvalue weighted by atomic mass is 9.72. The minimum Gasteiger partial charge on any atom is -0.381 e. The van der Waals surface area contributed by atoms with Crippen molar-refractivity contribution >= 4 is 0 Å². The van der Waals surface area contributed by atoms with Crippen molar-refractivity contribution in [1.82, 2.24) is 4.90 Å². The zero-order chi connectivity index (χ0) is 15.5. The number of piperidine rings is 1. The Morgan fingerprint density at radius 2 is 1.87 bits per heavy atom. The molecule has 0 aromatic rings. The van der Waals surface area contributed by atoms with Gasteiger partial charge in [-0.2, -0.15) is 0 Å². The largest absolute Gasteiger partial charge is 0.381 e. The molecule has 0 aromatic heterocycles. The average Bonchev–Trinajstić information content (AvgIpc) is 3.40. The third kappa shape index (κ3) is 4.09. The van der Waals surface area contributed by atoms with Gasteiger partial charge in [0, 0.05) is 51.5 Å². The topological polar surface area (TPSA) is 30.9 Å². The molecule has 132 valence electrons. The first kappa shape index (κ1) is 16.3. The van der Waals surface area contributed by atoms with E-state index in [-0.39, 0.29) is 5.41 Å². The van der Waals surface area contributed by atoms with Gasteiger partial charge >= 0.3 is 0 Å². The molecule has 2 atom stereocenters. The summed E-state index contributed by atoms with van der Waals surface area (Å²) in [4.78, 5) is 2.71. The molecule has 3 heterocycles. The van der Waals surface area contributed by atoms with Crippen molar-refractivity contribution in [2.45, 2.75) is 51.0 Å². The summed E-state index contributed by atoms with van der Waals surface area (Å²) in [6, 6.07) is 0. The summed E-state index contributed by atoms with van der Waals surface area (Å²) in [7, 11) is 0. The molecule has 4 aliphatic rings. The molecule has 1 saturated carbocycles. The van der Waals surface area contributed by atoms with Crippen LogP contribution in [0.15, 0.2) is 0 Å². The predicted octanol–water partition coefficient (Wildman–Crippen LogP) is 2.71. The highest BCUT2D eigenvalue weighted by molar-refractivity contribution is 4.97. The number of hydrogen-bond acceptors (Lipinski definition) is 4. The van der Waals surface area contributed by atoms with Gasteiger partial charge < -0.3 is 19.1 Å². The second-order valence-corrected chi connectivity index (χ2v) is 8.36. The molecule has 23 heavy (non-hydrogen) atoms. The molecule has 4 nitrogen and oxygen atoms in total. The summed E-state index contributed by atoms with van der Waals surface area (Å²) >= 11 is 0. The standard InChI is InChI=1S/C19H33NO3/c1-7-19(15-22-13-17-2-3-17)14-20(8-4-18(19)23-9-1)12-16-5-10-21-11-6-16/h16-18H,1-15H2/t18-,19-/m1/s1. The summed E-state index contributed by atoms with van der Waals surface area (Å²) in [5.74, 6) is 1.69. The maximum Gasteiger partial charge on any atom is 0.0677 e. The molecule has 3 saturated heterocycles. The van der Waals surface area contributed by atoms with Crippen LogP contribution >= 0.6 is 0 Å². The number of likely N-dealkylation sites (tertiary alicyclic amines) is 1. The van der Waals surface area contributed by atoms with Crippen LogP contribution in [0.25, 0.3) is 0 Å². The summed E-state index contributed by atoms with van der Waals surface area (Å²) < 4.78 is 17.9. The zero-order valence-corrected chi connectivity index (χ0v) is 14.5. The quantitative estimate of drug-likeness (QED) is 0.752. The van der Waals surface area contributed by atoms with Gasteiger partial charge in [-0.1, -0.05) is 0 Å². The lowest BCUT2D eigenvalue weighted by Crippen LogP contribution is -2.57. The molecule has 4 heteroatoms. The van der Waals surface area contributed by atoms with E-state index in [0.717, 1.165) is 44.9 Å². The van der Waals surface area contributed by atoms with Gasteiger partial charge in [-0.3, -0.25) is 0 Å². The number of fused-ring (bicyclic) bond motifs is 1. The molecule has 4 fully saturated rings. The van der Waals surface area contributed by atoms with Crippen LogP contribution in [0.3, 0.4) is 0 Å². The van der Waals surface area contributed by atoms with Crippen LogP contribution in [0.5, 0.6) is 0 Å². The van der Waals surface area contributed by atoms with Gasteiger partial charge in [0.15, 0.2) is 0 Å². The first-order valence-corrected chi connectivity index (χ1v) is 9.83. The van der Waals surface area contributed by atoms with Crippen molar-refractivity contribution in [3.05, 3.63) is 0 Å². The van der Waals surface area contributed by atoms with Crippen LogP contribution in [-0.2, 0) is 14.2 Å². The van der Waals surface area contributed by atoms with E-state index >= 15 is 0 Å². The van der Waals surface area contributed by atoms with Crippen LogP contribution in [0, 0.1) is 17.3 Å². The average molecular weight is 323 g/mol. The molecule has 3 aliphatic heterocycles. The van der Waals surface area contributed by atoms with Crippen LogP contribution in [0.1, 0.15) is 44.9 Å². The Morgan fingerprint density at radius 1 is 1.00 bits per heavy atom. The van der Waals surface area contributed by atoms with E-state index in [9.17, 15) is 0 Å². The minimum absolute atomic E-state index is 0.260. The lowest BCUT2D eigenvalue weighted by Gasteiger charge is -2.51. The molecule has 4 rings (SSSR count). The van der Waals surface area contributed by atoms with Crippen LogP contribution in [0.2, 0.25) is 0 Å². The van der Waals surface area contributed by atoms with E-state index in [0.29, 0.717) is 6.10 Å².